The number of aliphatic carboxylic acids is 2. The molecule has 0 saturated heterocycles. The van der Waals surface area contributed by atoms with E-state index in [2.05, 4.69) is 0 Å². The smallest absolute Gasteiger partial charge is 0.343 e. The highest BCUT2D eigenvalue weighted by Crippen LogP contribution is 2.20. The minimum atomic E-state index is -1.36. The van der Waals surface area contributed by atoms with Crippen LogP contribution in [0.25, 0.3) is 0 Å². The number of rotatable bonds is 6. The second-order valence-electron chi connectivity index (χ2n) is 3.71. The van der Waals surface area contributed by atoms with Gasteiger partial charge in [0.25, 0.3) is 0 Å². The van der Waals surface area contributed by atoms with Gasteiger partial charge in [-0.3, -0.25) is 0 Å². The van der Waals surface area contributed by atoms with Gasteiger partial charge in [-0.25, -0.2) is 9.59 Å². The minimum Gasteiger partial charge on any atom is -0.477 e. The minimum absolute atomic E-state index is 0.00662. The van der Waals surface area contributed by atoms with Crippen LogP contribution in [-0.2, 0) is 9.59 Å². The van der Waals surface area contributed by atoms with Crippen LogP contribution >= 0.6 is 0 Å². The van der Waals surface area contributed by atoms with E-state index >= 15 is 0 Å². The van der Waals surface area contributed by atoms with E-state index in [4.69, 9.17) is 10.2 Å². The lowest BCUT2D eigenvalue weighted by molar-refractivity contribution is -0.140. The summed E-state index contributed by atoms with van der Waals surface area (Å²) in [5.41, 5.74) is -0.0398. The molecule has 0 rings (SSSR count). The maximum atomic E-state index is 10.7. The van der Waals surface area contributed by atoms with Crippen LogP contribution in [0.5, 0.6) is 0 Å². The zero-order chi connectivity index (χ0) is 12.0. The maximum Gasteiger partial charge on any atom is 0.343 e. The Bertz CT molecular complexity index is 262. The molecular formula is C11H18O4. The van der Waals surface area contributed by atoms with Crippen LogP contribution in [0.1, 0.15) is 40.0 Å². The molecule has 0 aromatic carbocycles. The quantitative estimate of drug-likeness (QED) is 0.404. The second kappa shape index (κ2) is 6.22. The Kier molecular flexibility index (Phi) is 5.67. The van der Waals surface area contributed by atoms with Crippen molar-refractivity contribution in [1.29, 1.82) is 0 Å². The number of allylic oxidation sites excluding steroid dienone is 1. The fraction of sp³-hybridized carbons (Fsp3) is 0.636. The van der Waals surface area contributed by atoms with Crippen LogP contribution in [0.2, 0.25) is 0 Å². The Morgan fingerprint density at radius 3 is 2.00 bits per heavy atom. The molecule has 0 saturated carbocycles. The first-order valence-electron chi connectivity index (χ1n) is 5.09. The molecule has 0 aliphatic rings. The normalized spacial score (nSPS) is 11.9. The Morgan fingerprint density at radius 1 is 1.20 bits per heavy atom. The molecule has 0 fully saturated rings. The number of hydrogen-bond donors (Lipinski definition) is 2. The summed E-state index contributed by atoms with van der Waals surface area (Å²) in [6.07, 6.45) is 2.82. The van der Waals surface area contributed by atoms with Gasteiger partial charge in [0.05, 0.1) is 0 Å². The summed E-state index contributed by atoms with van der Waals surface area (Å²) in [5.74, 6) is -2.71. The highest BCUT2D eigenvalue weighted by Gasteiger charge is 2.22. The standard InChI is InChI=1S/C11H18O4/c1-4-5-6-7(2)8(3)9(10(12)13)11(14)15/h7H,4-6H2,1-3H3,(H,12,13)(H,14,15). The lowest BCUT2D eigenvalue weighted by Crippen LogP contribution is -2.16. The number of carbonyl (C=O) groups is 2. The van der Waals surface area contributed by atoms with Crippen LogP contribution in [-0.4, -0.2) is 22.2 Å². The van der Waals surface area contributed by atoms with Crippen LogP contribution in [0.4, 0.5) is 0 Å². The third kappa shape index (κ3) is 4.14. The lowest BCUT2D eigenvalue weighted by Gasteiger charge is -2.13. The van der Waals surface area contributed by atoms with Crippen LogP contribution in [0.3, 0.4) is 0 Å². The lowest BCUT2D eigenvalue weighted by atomic mass is 9.92. The number of unbranched alkanes of at least 4 members (excludes halogenated alkanes) is 1. The molecule has 0 spiro atoms. The van der Waals surface area contributed by atoms with Crippen molar-refractivity contribution in [1.82, 2.24) is 0 Å². The Morgan fingerprint density at radius 2 is 1.67 bits per heavy atom. The Balaban J connectivity index is 4.84. The summed E-state index contributed by atoms with van der Waals surface area (Å²) in [7, 11) is 0. The van der Waals surface area contributed by atoms with Gasteiger partial charge in [0.15, 0.2) is 0 Å². The van der Waals surface area contributed by atoms with Crippen molar-refractivity contribution in [2.75, 3.05) is 0 Å². The molecule has 0 amide bonds. The summed E-state index contributed by atoms with van der Waals surface area (Å²) >= 11 is 0. The molecule has 1 atom stereocenters. The van der Waals surface area contributed by atoms with Crippen LogP contribution in [0, 0.1) is 5.92 Å². The number of carboxylic acids is 2. The molecule has 4 nitrogen and oxygen atoms in total. The highest BCUT2D eigenvalue weighted by atomic mass is 16.4. The fourth-order valence-corrected chi connectivity index (χ4v) is 1.40. The van der Waals surface area contributed by atoms with Gasteiger partial charge in [0, 0.05) is 0 Å². The molecular weight excluding hydrogens is 196 g/mol. The third-order valence-electron chi connectivity index (χ3n) is 2.55. The molecule has 0 bridgehead atoms. The summed E-state index contributed by atoms with van der Waals surface area (Å²) < 4.78 is 0. The van der Waals surface area contributed by atoms with Crippen molar-refractivity contribution >= 4 is 11.9 Å². The first kappa shape index (κ1) is 13.7. The van der Waals surface area contributed by atoms with Crippen molar-refractivity contribution in [2.24, 2.45) is 5.92 Å². The molecule has 0 aliphatic carbocycles. The van der Waals surface area contributed by atoms with E-state index in [1.54, 1.807) is 6.92 Å². The van der Waals surface area contributed by atoms with E-state index in [1.807, 2.05) is 13.8 Å². The molecule has 1 unspecified atom stereocenters. The molecule has 0 aromatic rings. The SMILES string of the molecule is CCCCC(C)C(C)=C(C(=O)O)C(=O)O. The van der Waals surface area contributed by atoms with E-state index in [0.29, 0.717) is 5.57 Å². The van der Waals surface area contributed by atoms with Crippen LogP contribution in [0.15, 0.2) is 11.1 Å². The molecule has 0 aromatic heterocycles. The van der Waals surface area contributed by atoms with Gasteiger partial charge >= 0.3 is 11.9 Å². The zero-order valence-corrected chi connectivity index (χ0v) is 9.41. The monoisotopic (exact) mass is 214 g/mol. The zero-order valence-electron chi connectivity index (χ0n) is 9.41. The van der Waals surface area contributed by atoms with Gasteiger partial charge < -0.3 is 10.2 Å². The molecule has 2 N–H and O–H groups in total. The van der Waals surface area contributed by atoms with E-state index in [1.165, 1.54) is 0 Å². The second-order valence-corrected chi connectivity index (χ2v) is 3.71. The predicted molar refractivity (Wildman–Crippen MR) is 56.7 cm³/mol. The molecule has 4 heteroatoms. The van der Waals surface area contributed by atoms with Crippen molar-refractivity contribution in [3.05, 3.63) is 11.1 Å². The first-order valence-corrected chi connectivity index (χ1v) is 5.09. The third-order valence-corrected chi connectivity index (χ3v) is 2.55. The van der Waals surface area contributed by atoms with Gasteiger partial charge in [0.1, 0.15) is 5.57 Å². The molecule has 0 heterocycles. The van der Waals surface area contributed by atoms with E-state index in [9.17, 15) is 9.59 Å². The molecule has 15 heavy (non-hydrogen) atoms. The average molecular weight is 214 g/mol. The molecule has 0 aliphatic heterocycles. The van der Waals surface area contributed by atoms with E-state index in [0.717, 1.165) is 19.3 Å². The highest BCUT2D eigenvalue weighted by molar-refractivity contribution is 6.13. The van der Waals surface area contributed by atoms with Gasteiger partial charge in [-0.1, -0.05) is 26.7 Å². The van der Waals surface area contributed by atoms with Crippen LogP contribution < -0.4 is 0 Å². The topological polar surface area (TPSA) is 74.6 Å². The molecule has 0 radical (unpaired) electrons. The van der Waals surface area contributed by atoms with Gasteiger partial charge in [-0.2, -0.15) is 0 Å². The summed E-state index contributed by atoms with van der Waals surface area (Å²) in [5, 5.41) is 17.5. The average Bonchev–Trinajstić information content (AvgIpc) is 2.12. The van der Waals surface area contributed by atoms with Crippen molar-refractivity contribution in [2.45, 2.75) is 40.0 Å². The van der Waals surface area contributed by atoms with Gasteiger partial charge in [-0.05, 0) is 24.8 Å². The summed E-state index contributed by atoms with van der Waals surface area (Å²) in [6.45, 7) is 5.48. The van der Waals surface area contributed by atoms with Gasteiger partial charge in [0.2, 0.25) is 0 Å². The summed E-state index contributed by atoms with van der Waals surface area (Å²) in [6, 6.07) is 0. The largest absolute Gasteiger partial charge is 0.477 e. The predicted octanol–water partition coefficient (Wildman–Crippen LogP) is 2.30. The van der Waals surface area contributed by atoms with Crippen molar-refractivity contribution in [3.8, 4) is 0 Å². The van der Waals surface area contributed by atoms with Crippen molar-refractivity contribution in [3.63, 3.8) is 0 Å². The number of hydrogen-bond acceptors (Lipinski definition) is 2. The maximum absolute atomic E-state index is 10.7. The first-order chi connectivity index (χ1) is 6.91. The van der Waals surface area contributed by atoms with Crippen molar-refractivity contribution < 1.29 is 19.8 Å². The van der Waals surface area contributed by atoms with Gasteiger partial charge in [-0.15, -0.1) is 0 Å². The van der Waals surface area contributed by atoms with E-state index in [-0.39, 0.29) is 5.92 Å². The Labute approximate surface area is 89.6 Å². The van der Waals surface area contributed by atoms with E-state index < -0.39 is 17.5 Å². The fourth-order valence-electron chi connectivity index (χ4n) is 1.40. The summed E-state index contributed by atoms with van der Waals surface area (Å²) in [4.78, 5) is 21.4. The molecule has 86 valence electrons. The number of carboxylic acid groups (broad SMARTS) is 2. The Hall–Kier alpha value is -1.32.